The number of guanidine groups is 1. The van der Waals surface area contributed by atoms with E-state index < -0.39 is 0 Å². The van der Waals surface area contributed by atoms with Crippen LogP contribution in [0, 0.1) is 13.8 Å². The van der Waals surface area contributed by atoms with Gasteiger partial charge in [0.25, 0.3) is 0 Å². The Bertz CT molecular complexity index is 404. The van der Waals surface area contributed by atoms with Gasteiger partial charge in [0.15, 0.2) is 5.96 Å². The number of rotatable bonds is 8. The Kier molecular flexibility index (Phi) is 11.9. The van der Waals surface area contributed by atoms with E-state index in [-0.39, 0.29) is 24.0 Å². The Morgan fingerprint density at radius 2 is 2.00 bits per heavy atom. The molecule has 0 bridgehead atoms. The molecule has 0 radical (unpaired) electrons. The normalized spacial score (nSPS) is 11.1. The van der Waals surface area contributed by atoms with Crippen LogP contribution in [0.5, 0.6) is 0 Å². The van der Waals surface area contributed by atoms with E-state index in [2.05, 4.69) is 34.5 Å². The van der Waals surface area contributed by atoms with Gasteiger partial charge < -0.3 is 15.4 Å². The van der Waals surface area contributed by atoms with E-state index in [9.17, 15) is 0 Å². The summed E-state index contributed by atoms with van der Waals surface area (Å²) in [6.07, 6.45) is 1.92. The molecule has 0 aromatic carbocycles. The van der Waals surface area contributed by atoms with Gasteiger partial charge in [-0.1, -0.05) is 0 Å². The molecule has 122 valence electrons. The first-order chi connectivity index (χ1) is 9.67. The van der Waals surface area contributed by atoms with Crippen molar-refractivity contribution in [2.24, 2.45) is 4.99 Å². The fraction of sp³-hybridized carbons (Fsp3) is 0.714. The number of ether oxygens (including phenoxy) is 1. The number of hydrogen-bond acceptors (Lipinski definition) is 4. The Balaban J connectivity index is 0.00000400. The average Bonchev–Trinajstić information content (AvgIpc) is 2.75. The highest BCUT2D eigenvalue weighted by molar-refractivity contribution is 14.0. The fourth-order valence-corrected chi connectivity index (χ4v) is 2.61. The summed E-state index contributed by atoms with van der Waals surface area (Å²) in [5.74, 6) is 0.839. The van der Waals surface area contributed by atoms with Gasteiger partial charge in [0.05, 0.1) is 10.7 Å². The topological polar surface area (TPSA) is 58.5 Å². The molecule has 21 heavy (non-hydrogen) atoms. The fourth-order valence-electron chi connectivity index (χ4n) is 1.68. The molecule has 7 heteroatoms. The van der Waals surface area contributed by atoms with Gasteiger partial charge in [-0.25, -0.2) is 4.98 Å². The van der Waals surface area contributed by atoms with E-state index in [1.165, 1.54) is 9.88 Å². The minimum atomic E-state index is 0. The lowest BCUT2D eigenvalue weighted by molar-refractivity contribution is 0.145. The van der Waals surface area contributed by atoms with Gasteiger partial charge in [-0.05, 0) is 27.2 Å². The average molecular weight is 426 g/mol. The molecule has 2 N–H and O–H groups in total. The molecule has 1 aromatic heterocycles. The zero-order chi connectivity index (χ0) is 14.8. The van der Waals surface area contributed by atoms with Crippen molar-refractivity contribution in [3.05, 3.63) is 15.6 Å². The number of thiazole rings is 1. The Hall–Kier alpha value is -0.410. The Morgan fingerprint density at radius 1 is 1.29 bits per heavy atom. The monoisotopic (exact) mass is 426 g/mol. The van der Waals surface area contributed by atoms with Crippen LogP contribution in [0.15, 0.2) is 4.99 Å². The van der Waals surface area contributed by atoms with Crippen molar-refractivity contribution >= 4 is 41.3 Å². The summed E-state index contributed by atoms with van der Waals surface area (Å²) >= 11 is 1.77. The zero-order valence-corrected chi connectivity index (χ0v) is 16.5. The van der Waals surface area contributed by atoms with Gasteiger partial charge in [0, 0.05) is 44.6 Å². The maximum absolute atomic E-state index is 5.29. The molecule has 0 unspecified atom stereocenters. The van der Waals surface area contributed by atoms with E-state index in [0.29, 0.717) is 0 Å². The Morgan fingerprint density at radius 3 is 2.57 bits per heavy atom. The van der Waals surface area contributed by atoms with Gasteiger partial charge in [-0.3, -0.25) is 4.99 Å². The minimum absolute atomic E-state index is 0. The summed E-state index contributed by atoms with van der Waals surface area (Å²) in [4.78, 5) is 10.0. The summed E-state index contributed by atoms with van der Waals surface area (Å²) in [5, 5.41) is 7.76. The lowest BCUT2D eigenvalue weighted by Crippen LogP contribution is -2.39. The minimum Gasteiger partial charge on any atom is -0.382 e. The Labute approximate surface area is 149 Å². The van der Waals surface area contributed by atoms with Crippen LogP contribution < -0.4 is 10.6 Å². The lowest BCUT2D eigenvalue weighted by Gasteiger charge is -2.11. The first-order valence-electron chi connectivity index (χ1n) is 7.12. The largest absolute Gasteiger partial charge is 0.382 e. The summed E-state index contributed by atoms with van der Waals surface area (Å²) in [6.45, 7) is 9.46. The van der Waals surface area contributed by atoms with Crippen LogP contribution in [-0.2, 0) is 11.2 Å². The van der Waals surface area contributed by atoms with Gasteiger partial charge >= 0.3 is 0 Å². The molecule has 0 atom stereocenters. The number of aromatic nitrogens is 1. The maximum atomic E-state index is 5.29. The zero-order valence-electron chi connectivity index (χ0n) is 13.4. The molecular formula is C14H27IN4OS. The molecule has 0 aliphatic carbocycles. The predicted molar refractivity (Wildman–Crippen MR) is 101 cm³/mol. The third kappa shape index (κ3) is 8.57. The van der Waals surface area contributed by atoms with Crippen LogP contribution in [-0.4, -0.2) is 44.3 Å². The summed E-state index contributed by atoms with van der Waals surface area (Å²) in [5.41, 5.74) is 1.14. The number of hydrogen-bond donors (Lipinski definition) is 2. The summed E-state index contributed by atoms with van der Waals surface area (Å²) < 4.78 is 5.29. The van der Waals surface area contributed by atoms with Gasteiger partial charge in [-0.2, -0.15) is 0 Å². The van der Waals surface area contributed by atoms with Crippen LogP contribution >= 0.6 is 35.3 Å². The van der Waals surface area contributed by atoms with Crippen molar-refractivity contribution in [1.29, 1.82) is 0 Å². The highest BCUT2D eigenvalue weighted by atomic mass is 127. The van der Waals surface area contributed by atoms with Gasteiger partial charge in [-0.15, -0.1) is 35.3 Å². The van der Waals surface area contributed by atoms with E-state index in [0.717, 1.165) is 50.8 Å². The van der Waals surface area contributed by atoms with Crippen molar-refractivity contribution in [2.75, 3.05) is 33.4 Å². The van der Waals surface area contributed by atoms with E-state index in [1.807, 2.05) is 6.92 Å². The maximum Gasteiger partial charge on any atom is 0.190 e. The highest BCUT2D eigenvalue weighted by Gasteiger charge is 2.03. The van der Waals surface area contributed by atoms with Crippen LogP contribution in [0.1, 0.15) is 28.9 Å². The van der Waals surface area contributed by atoms with Crippen molar-refractivity contribution in [3.63, 3.8) is 0 Å². The molecule has 1 heterocycles. The molecule has 0 spiro atoms. The smallest absolute Gasteiger partial charge is 0.190 e. The van der Waals surface area contributed by atoms with Crippen LogP contribution in [0.4, 0.5) is 0 Å². The second-order valence-electron chi connectivity index (χ2n) is 4.48. The van der Waals surface area contributed by atoms with Gasteiger partial charge in [0.1, 0.15) is 0 Å². The van der Waals surface area contributed by atoms with Gasteiger partial charge in [0.2, 0.25) is 0 Å². The van der Waals surface area contributed by atoms with Crippen LogP contribution in [0.2, 0.25) is 0 Å². The molecule has 1 aromatic rings. The standard InChI is InChI=1S/C14H26N4OS.HI/c1-5-19-10-6-8-16-14(15-4)17-9-7-13-18-11(2)12(3)20-13;/h5-10H2,1-4H3,(H2,15,16,17);1H. The van der Waals surface area contributed by atoms with Crippen LogP contribution in [0.3, 0.4) is 0 Å². The number of nitrogens with one attached hydrogen (secondary N) is 2. The first-order valence-corrected chi connectivity index (χ1v) is 7.94. The summed E-state index contributed by atoms with van der Waals surface area (Å²) in [6, 6.07) is 0. The third-order valence-corrected chi connectivity index (χ3v) is 4.02. The van der Waals surface area contributed by atoms with Crippen molar-refractivity contribution in [3.8, 4) is 0 Å². The molecule has 0 saturated heterocycles. The number of aryl methyl sites for hydroxylation is 2. The molecule has 1 rings (SSSR count). The highest BCUT2D eigenvalue weighted by Crippen LogP contribution is 2.16. The van der Waals surface area contributed by atoms with E-state index >= 15 is 0 Å². The molecule has 0 saturated carbocycles. The lowest BCUT2D eigenvalue weighted by atomic mass is 10.4. The SMILES string of the molecule is CCOCCCNC(=NC)NCCc1nc(C)c(C)s1.I. The molecule has 5 nitrogen and oxygen atoms in total. The second kappa shape index (κ2) is 12.2. The third-order valence-electron chi connectivity index (χ3n) is 2.89. The molecule has 0 fully saturated rings. The number of nitrogens with zero attached hydrogens (tertiary/aromatic N) is 2. The van der Waals surface area contributed by atoms with Crippen LogP contribution in [0.25, 0.3) is 0 Å². The van der Waals surface area contributed by atoms with Crippen molar-refractivity contribution < 1.29 is 4.74 Å². The summed E-state index contributed by atoms with van der Waals surface area (Å²) in [7, 11) is 1.79. The molecule has 0 aliphatic heterocycles. The first kappa shape index (κ1) is 20.6. The quantitative estimate of drug-likeness (QED) is 0.290. The number of aliphatic imine (C=N–C) groups is 1. The van der Waals surface area contributed by atoms with Crippen molar-refractivity contribution in [1.82, 2.24) is 15.6 Å². The number of halogens is 1. The molecule has 0 aliphatic rings. The van der Waals surface area contributed by atoms with E-state index in [1.54, 1.807) is 18.4 Å². The second-order valence-corrected chi connectivity index (χ2v) is 5.76. The predicted octanol–water partition coefficient (Wildman–Crippen LogP) is 2.51. The molecule has 0 amide bonds. The van der Waals surface area contributed by atoms with Crippen molar-refractivity contribution in [2.45, 2.75) is 33.6 Å². The van der Waals surface area contributed by atoms with E-state index in [4.69, 9.17) is 4.74 Å². The molecular weight excluding hydrogens is 399 g/mol.